The van der Waals surface area contributed by atoms with Crippen molar-refractivity contribution in [3.8, 4) is 11.1 Å². The van der Waals surface area contributed by atoms with Gasteiger partial charge in [0.1, 0.15) is 0 Å². The van der Waals surface area contributed by atoms with E-state index in [4.69, 9.17) is 0 Å². The van der Waals surface area contributed by atoms with E-state index in [9.17, 15) is 18.3 Å². The van der Waals surface area contributed by atoms with Crippen LogP contribution in [0.25, 0.3) is 11.1 Å². The molecule has 252 valence electrons. The van der Waals surface area contributed by atoms with Gasteiger partial charge in [0.2, 0.25) is 0 Å². The van der Waals surface area contributed by atoms with E-state index in [1.165, 1.54) is 20.3 Å². The lowest BCUT2D eigenvalue weighted by molar-refractivity contribution is 0.0957. The van der Waals surface area contributed by atoms with Crippen molar-refractivity contribution >= 4 is 21.8 Å². The highest BCUT2D eigenvalue weighted by Crippen LogP contribution is 2.34. The number of carboxylic acid groups (broad SMARTS) is 1. The molecule has 2 atom stereocenters. The molecule has 0 radical (unpaired) electrons. The maximum absolute atomic E-state index is 14.4. The van der Waals surface area contributed by atoms with Gasteiger partial charge in [-0.25, -0.2) is 13.2 Å². The van der Waals surface area contributed by atoms with Crippen LogP contribution in [0.3, 0.4) is 0 Å². The van der Waals surface area contributed by atoms with Crippen molar-refractivity contribution in [2.75, 3.05) is 17.4 Å². The SMILES string of the molecule is O=C(O)N1CC[C@H](N(c2ccccc2)S(=O)(=O)c2ccc(-c3ccccc3)cc2)C[C@@H]1CCCN(Cc1ccccc1)Cc1ccccc1. The van der Waals surface area contributed by atoms with Crippen LogP contribution in [-0.4, -0.2) is 54.6 Å². The summed E-state index contributed by atoms with van der Waals surface area (Å²) in [6.45, 7) is 2.63. The van der Waals surface area contributed by atoms with Gasteiger partial charge >= 0.3 is 6.09 Å². The summed E-state index contributed by atoms with van der Waals surface area (Å²) in [6.07, 6.45) is 1.28. The number of likely N-dealkylation sites (tertiary alicyclic amines) is 1. The maximum Gasteiger partial charge on any atom is 0.407 e. The fourth-order valence-electron chi connectivity index (χ4n) is 6.90. The molecule has 1 aliphatic rings. The third-order valence-corrected chi connectivity index (χ3v) is 11.2. The Labute approximate surface area is 290 Å². The minimum atomic E-state index is -3.96. The van der Waals surface area contributed by atoms with Crippen molar-refractivity contribution in [1.29, 1.82) is 0 Å². The van der Waals surface area contributed by atoms with E-state index in [1.807, 2.05) is 109 Å². The van der Waals surface area contributed by atoms with Gasteiger partial charge in [-0.2, -0.15) is 0 Å². The number of hydrogen-bond acceptors (Lipinski definition) is 4. The molecule has 5 aromatic carbocycles. The van der Waals surface area contributed by atoms with Gasteiger partial charge in [0.25, 0.3) is 10.0 Å². The van der Waals surface area contributed by atoms with Crippen LogP contribution in [0, 0.1) is 0 Å². The van der Waals surface area contributed by atoms with E-state index in [2.05, 4.69) is 29.2 Å². The Morgan fingerprint density at radius 3 is 1.76 bits per heavy atom. The second kappa shape index (κ2) is 16.0. The summed E-state index contributed by atoms with van der Waals surface area (Å²) < 4.78 is 30.4. The van der Waals surface area contributed by atoms with Gasteiger partial charge in [-0.3, -0.25) is 9.21 Å². The summed E-state index contributed by atoms with van der Waals surface area (Å²) in [5, 5.41) is 10.2. The van der Waals surface area contributed by atoms with Crippen molar-refractivity contribution in [3.63, 3.8) is 0 Å². The summed E-state index contributed by atoms with van der Waals surface area (Å²) in [7, 11) is -3.96. The minimum Gasteiger partial charge on any atom is -0.465 e. The zero-order valence-corrected chi connectivity index (χ0v) is 28.4. The van der Waals surface area contributed by atoms with E-state index >= 15 is 0 Å². The predicted octanol–water partition coefficient (Wildman–Crippen LogP) is 8.54. The molecule has 0 spiro atoms. The van der Waals surface area contributed by atoms with Crippen LogP contribution in [-0.2, 0) is 23.1 Å². The summed E-state index contributed by atoms with van der Waals surface area (Å²) in [6, 6.07) is 46.1. The number of rotatable bonds is 13. The Hall–Kier alpha value is -4.92. The van der Waals surface area contributed by atoms with E-state index < -0.39 is 22.2 Å². The van der Waals surface area contributed by atoms with Gasteiger partial charge in [0, 0.05) is 31.7 Å². The molecule has 1 N–H and O–H groups in total. The second-order valence-electron chi connectivity index (χ2n) is 12.7. The van der Waals surface area contributed by atoms with Crippen molar-refractivity contribution in [2.45, 2.75) is 55.8 Å². The van der Waals surface area contributed by atoms with Crippen LogP contribution in [0.2, 0.25) is 0 Å². The van der Waals surface area contributed by atoms with Gasteiger partial charge in [-0.15, -0.1) is 0 Å². The molecule has 8 heteroatoms. The molecule has 1 aliphatic heterocycles. The number of piperidine rings is 1. The first-order valence-corrected chi connectivity index (χ1v) is 18.4. The largest absolute Gasteiger partial charge is 0.465 e. The highest BCUT2D eigenvalue weighted by molar-refractivity contribution is 7.92. The number of anilines is 1. The van der Waals surface area contributed by atoms with Gasteiger partial charge < -0.3 is 10.0 Å². The molecule has 6 rings (SSSR count). The zero-order chi connectivity index (χ0) is 34.1. The molecule has 5 aromatic rings. The summed E-state index contributed by atoms with van der Waals surface area (Å²) >= 11 is 0. The molecule has 0 saturated carbocycles. The summed E-state index contributed by atoms with van der Waals surface area (Å²) in [5.41, 5.74) is 4.99. The fourth-order valence-corrected chi connectivity index (χ4v) is 8.59. The summed E-state index contributed by atoms with van der Waals surface area (Å²) in [5.74, 6) is 0. The highest BCUT2D eigenvalue weighted by atomic mass is 32.2. The number of amides is 1. The first-order valence-electron chi connectivity index (χ1n) is 16.9. The Morgan fingerprint density at radius 2 is 1.20 bits per heavy atom. The Kier molecular flexibility index (Phi) is 11.1. The number of nitrogens with zero attached hydrogens (tertiary/aromatic N) is 3. The number of sulfonamides is 1. The molecule has 49 heavy (non-hydrogen) atoms. The van der Waals surface area contributed by atoms with Crippen molar-refractivity contribution < 1.29 is 18.3 Å². The molecule has 1 fully saturated rings. The van der Waals surface area contributed by atoms with Gasteiger partial charge in [-0.05, 0) is 78.7 Å². The van der Waals surface area contributed by atoms with Crippen LogP contribution in [0.1, 0.15) is 36.8 Å². The Balaban J connectivity index is 1.21. The molecular formula is C41H43N3O4S. The van der Waals surface area contributed by atoms with E-state index in [-0.39, 0.29) is 17.5 Å². The van der Waals surface area contributed by atoms with Crippen molar-refractivity contribution in [1.82, 2.24) is 9.80 Å². The third-order valence-electron chi connectivity index (χ3n) is 9.30. The fraction of sp³-hybridized carbons (Fsp3) is 0.244. The van der Waals surface area contributed by atoms with Crippen LogP contribution in [0.4, 0.5) is 10.5 Å². The number of carbonyl (C=O) groups is 1. The van der Waals surface area contributed by atoms with E-state index in [0.717, 1.165) is 37.2 Å². The topological polar surface area (TPSA) is 81.2 Å². The van der Waals surface area contributed by atoms with Crippen LogP contribution >= 0.6 is 0 Å². The lowest BCUT2D eigenvalue weighted by Gasteiger charge is -2.43. The first kappa shape index (κ1) is 34.0. The average Bonchev–Trinajstić information content (AvgIpc) is 3.13. The number of hydrogen-bond donors (Lipinski definition) is 1. The Bertz CT molecular complexity index is 1830. The Morgan fingerprint density at radius 1 is 0.694 bits per heavy atom. The monoisotopic (exact) mass is 673 g/mol. The normalized spacial score (nSPS) is 16.4. The van der Waals surface area contributed by atoms with E-state index in [0.29, 0.717) is 24.9 Å². The van der Waals surface area contributed by atoms with Crippen molar-refractivity contribution in [2.24, 2.45) is 0 Å². The molecule has 7 nitrogen and oxygen atoms in total. The maximum atomic E-state index is 14.4. The zero-order valence-electron chi connectivity index (χ0n) is 27.6. The van der Waals surface area contributed by atoms with Crippen LogP contribution in [0.5, 0.6) is 0 Å². The molecule has 1 heterocycles. The molecule has 1 amide bonds. The molecule has 0 bridgehead atoms. The minimum absolute atomic E-state index is 0.214. The standard InChI is InChI=1S/C41H43N3O4S/c45-41(46)43-29-27-39(30-38(43)22-13-28-42(31-33-14-5-1-6-15-33)32-34-16-7-2-8-17-34)44(37-20-11-4-12-21-37)49(47,48)40-25-23-36(24-26-40)35-18-9-3-10-19-35/h1-12,14-21,23-26,38-39H,13,22,27-32H2,(H,45,46)/t38-,39-/m0/s1. The van der Waals surface area contributed by atoms with Gasteiger partial charge in [-0.1, -0.05) is 121 Å². The van der Waals surface area contributed by atoms with Gasteiger partial charge in [0.15, 0.2) is 0 Å². The lowest BCUT2D eigenvalue weighted by atomic mass is 9.93. The smallest absolute Gasteiger partial charge is 0.407 e. The van der Waals surface area contributed by atoms with Crippen LogP contribution < -0.4 is 4.31 Å². The summed E-state index contributed by atoms with van der Waals surface area (Å²) in [4.78, 5) is 16.6. The third kappa shape index (κ3) is 8.57. The van der Waals surface area contributed by atoms with E-state index in [1.54, 1.807) is 12.1 Å². The number of para-hydroxylation sites is 1. The second-order valence-corrected chi connectivity index (χ2v) is 14.5. The molecule has 0 aromatic heterocycles. The number of benzene rings is 5. The van der Waals surface area contributed by atoms with Crippen molar-refractivity contribution in [3.05, 3.63) is 157 Å². The molecule has 0 aliphatic carbocycles. The molecular weight excluding hydrogens is 631 g/mol. The first-order chi connectivity index (χ1) is 23.9. The highest BCUT2D eigenvalue weighted by Gasteiger charge is 2.39. The molecule has 1 saturated heterocycles. The lowest BCUT2D eigenvalue weighted by Crippen LogP contribution is -2.53. The predicted molar refractivity (Wildman–Crippen MR) is 196 cm³/mol. The molecule has 0 unspecified atom stereocenters. The van der Waals surface area contributed by atoms with Crippen LogP contribution in [0.15, 0.2) is 150 Å². The average molecular weight is 674 g/mol. The van der Waals surface area contributed by atoms with Gasteiger partial charge in [0.05, 0.1) is 10.6 Å². The quantitative estimate of drug-likeness (QED) is 0.136.